The molecule has 4 heteroatoms. The summed E-state index contributed by atoms with van der Waals surface area (Å²) in [5, 5.41) is 1.83. The average Bonchev–Trinajstić information content (AvgIpc) is 2.03. The third kappa shape index (κ3) is 3.90. The van der Waals surface area contributed by atoms with E-state index in [4.69, 9.17) is 11.6 Å². The summed E-state index contributed by atoms with van der Waals surface area (Å²) < 4.78 is 12.6. The number of halogens is 2. The first-order valence-corrected chi connectivity index (χ1v) is 4.24. The van der Waals surface area contributed by atoms with Gasteiger partial charge < -0.3 is 5.32 Å². The predicted octanol–water partition coefficient (Wildman–Crippen LogP) is 2.32. The lowest BCUT2D eigenvalue weighted by Crippen LogP contribution is -2.19. The van der Waals surface area contributed by atoms with E-state index < -0.39 is 5.37 Å². The molecule has 1 aromatic carbocycles. The first kappa shape index (κ1) is 9.99. The summed E-state index contributed by atoms with van der Waals surface area (Å²) >= 11 is 5.05. The maximum Gasteiger partial charge on any atom is 0.313 e. The number of amides is 1. The summed E-state index contributed by atoms with van der Waals surface area (Å²) in [7, 11) is 0. The molecule has 0 atom stereocenters. The Morgan fingerprint density at radius 3 is 2.92 bits per heavy atom. The fraction of sp³-hybridized carbons (Fsp3) is 0.222. The Labute approximate surface area is 80.7 Å². The van der Waals surface area contributed by atoms with E-state index in [1.165, 1.54) is 12.1 Å². The van der Waals surface area contributed by atoms with Crippen LogP contribution in [0.5, 0.6) is 0 Å². The molecule has 0 aliphatic heterocycles. The Morgan fingerprint density at radius 1 is 1.54 bits per heavy atom. The lowest BCUT2D eigenvalue weighted by Gasteiger charge is -2.00. The molecule has 0 saturated heterocycles. The maximum absolute atomic E-state index is 12.6. The van der Waals surface area contributed by atoms with Gasteiger partial charge in [-0.2, -0.15) is 0 Å². The summed E-state index contributed by atoms with van der Waals surface area (Å²) in [6.07, 6.45) is 0.580. The molecule has 0 aliphatic carbocycles. The van der Waals surface area contributed by atoms with Gasteiger partial charge in [0.15, 0.2) is 0 Å². The molecule has 0 aliphatic rings. The Balaban J connectivity index is 2.41. The molecule has 13 heavy (non-hydrogen) atoms. The highest BCUT2D eigenvalue weighted by Crippen LogP contribution is 2.03. The first-order valence-electron chi connectivity index (χ1n) is 3.86. The smallest absolute Gasteiger partial charge is 0.313 e. The monoisotopic (exact) mass is 201 g/mol. The van der Waals surface area contributed by atoms with Gasteiger partial charge in [0.05, 0.1) is 0 Å². The normalized spacial score (nSPS) is 9.69. The van der Waals surface area contributed by atoms with Crippen LogP contribution in [-0.2, 0) is 6.42 Å². The number of carbonyl (C=O) groups excluding carboxylic acids is 1. The number of benzene rings is 1. The SMILES string of the molecule is O=C(Cl)NCCc1cccc(F)c1. The number of hydrogen-bond acceptors (Lipinski definition) is 1. The Bertz CT molecular complexity index is 303. The minimum atomic E-state index is -0.587. The third-order valence-electron chi connectivity index (χ3n) is 1.57. The standard InChI is InChI=1S/C9H9ClFNO/c10-9(13)12-5-4-7-2-1-3-8(11)6-7/h1-3,6H,4-5H2,(H,12,13). The van der Waals surface area contributed by atoms with Crippen molar-refractivity contribution < 1.29 is 9.18 Å². The maximum atomic E-state index is 12.6. The molecule has 0 aromatic heterocycles. The van der Waals surface area contributed by atoms with Gasteiger partial charge in [-0.25, -0.2) is 4.39 Å². The van der Waals surface area contributed by atoms with Crippen molar-refractivity contribution in [3.05, 3.63) is 35.6 Å². The van der Waals surface area contributed by atoms with E-state index in [0.717, 1.165) is 5.56 Å². The number of rotatable bonds is 3. The quantitative estimate of drug-likeness (QED) is 0.590. The van der Waals surface area contributed by atoms with E-state index in [2.05, 4.69) is 5.32 Å². The molecule has 0 spiro atoms. The minimum absolute atomic E-state index is 0.269. The fourth-order valence-corrected chi connectivity index (χ4v) is 1.09. The Kier molecular flexibility index (Phi) is 3.71. The summed E-state index contributed by atoms with van der Waals surface area (Å²) in [5.41, 5.74) is 0.838. The zero-order valence-electron chi connectivity index (χ0n) is 6.89. The largest absolute Gasteiger partial charge is 0.342 e. The molecule has 0 heterocycles. The van der Waals surface area contributed by atoms with Gasteiger partial charge in [0.25, 0.3) is 0 Å². The molecular weight excluding hydrogens is 193 g/mol. The molecule has 70 valence electrons. The Morgan fingerprint density at radius 2 is 2.31 bits per heavy atom. The second-order valence-corrected chi connectivity index (χ2v) is 2.92. The fourth-order valence-electron chi connectivity index (χ4n) is 0.998. The number of nitrogens with one attached hydrogen (secondary N) is 1. The van der Waals surface area contributed by atoms with E-state index in [9.17, 15) is 9.18 Å². The minimum Gasteiger partial charge on any atom is -0.342 e. The van der Waals surface area contributed by atoms with Crippen molar-refractivity contribution in [3.8, 4) is 0 Å². The van der Waals surface area contributed by atoms with Crippen molar-refractivity contribution in [1.29, 1.82) is 0 Å². The molecule has 0 bridgehead atoms. The zero-order valence-corrected chi connectivity index (χ0v) is 7.64. The molecule has 2 nitrogen and oxygen atoms in total. The van der Waals surface area contributed by atoms with Gasteiger partial charge in [-0.1, -0.05) is 12.1 Å². The molecule has 1 rings (SSSR count). The zero-order chi connectivity index (χ0) is 9.68. The molecule has 0 fully saturated rings. The third-order valence-corrected chi connectivity index (χ3v) is 1.70. The van der Waals surface area contributed by atoms with Crippen LogP contribution in [0.1, 0.15) is 5.56 Å². The van der Waals surface area contributed by atoms with Gasteiger partial charge >= 0.3 is 5.37 Å². The van der Waals surface area contributed by atoms with Crippen molar-refractivity contribution in [2.75, 3.05) is 6.54 Å². The van der Waals surface area contributed by atoms with Crippen LogP contribution >= 0.6 is 11.6 Å². The van der Waals surface area contributed by atoms with Gasteiger partial charge in [-0.15, -0.1) is 0 Å². The highest BCUT2D eigenvalue weighted by Gasteiger charge is 1.96. The topological polar surface area (TPSA) is 29.1 Å². The van der Waals surface area contributed by atoms with Crippen molar-refractivity contribution in [3.63, 3.8) is 0 Å². The van der Waals surface area contributed by atoms with E-state index in [1.54, 1.807) is 12.1 Å². The molecule has 0 radical (unpaired) electrons. The summed E-state index contributed by atoms with van der Waals surface area (Å²) in [5.74, 6) is -0.269. The molecule has 0 saturated carbocycles. The summed E-state index contributed by atoms with van der Waals surface area (Å²) in [6, 6.07) is 6.24. The van der Waals surface area contributed by atoms with Crippen molar-refractivity contribution in [2.45, 2.75) is 6.42 Å². The van der Waals surface area contributed by atoms with E-state index in [1.807, 2.05) is 0 Å². The van der Waals surface area contributed by atoms with E-state index >= 15 is 0 Å². The van der Waals surface area contributed by atoms with E-state index in [-0.39, 0.29) is 5.82 Å². The van der Waals surface area contributed by atoms with E-state index in [0.29, 0.717) is 13.0 Å². The van der Waals surface area contributed by atoms with Crippen LogP contribution in [-0.4, -0.2) is 11.9 Å². The van der Waals surface area contributed by atoms with Crippen molar-refractivity contribution in [2.24, 2.45) is 0 Å². The molecule has 1 aromatic rings. The highest BCUT2D eigenvalue weighted by molar-refractivity contribution is 6.62. The van der Waals surface area contributed by atoms with Gasteiger partial charge in [-0.3, -0.25) is 4.79 Å². The second kappa shape index (κ2) is 4.82. The molecule has 1 N–H and O–H groups in total. The first-order chi connectivity index (χ1) is 6.18. The molecule has 1 amide bonds. The number of carbonyl (C=O) groups is 1. The highest BCUT2D eigenvalue weighted by atomic mass is 35.5. The van der Waals surface area contributed by atoms with Crippen molar-refractivity contribution >= 4 is 17.0 Å². The van der Waals surface area contributed by atoms with Crippen LogP contribution in [0.3, 0.4) is 0 Å². The number of hydrogen-bond donors (Lipinski definition) is 1. The summed E-state index contributed by atoms with van der Waals surface area (Å²) in [6.45, 7) is 0.422. The molecule has 0 unspecified atom stereocenters. The van der Waals surface area contributed by atoms with Crippen LogP contribution < -0.4 is 5.32 Å². The lowest BCUT2D eigenvalue weighted by molar-refractivity contribution is 0.260. The van der Waals surface area contributed by atoms with Crippen LogP contribution in [0.4, 0.5) is 9.18 Å². The second-order valence-electron chi connectivity index (χ2n) is 2.58. The van der Waals surface area contributed by atoms with Crippen LogP contribution in [0.2, 0.25) is 0 Å². The van der Waals surface area contributed by atoms with Gasteiger partial charge in [-0.05, 0) is 35.7 Å². The van der Waals surface area contributed by atoms with Crippen LogP contribution in [0, 0.1) is 5.82 Å². The van der Waals surface area contributed by atoms with Crippen molar-refractivity contribution in [1.82, 2.24) is 5.32 Å². The van der Waals surface area contributed by atoms with Gasteiger partial charge in [0, 0.05) is 6.54 Å². The van der Waals surface area contributed by atoms with Crippen LogP contribution in [0.15, 0.2) is 24.3 Å². The van der Waals surface area contributed by atoms with Crippen LogP contribution in [0.25, 0.3) is 0 Å². The molecular formula is C9H9ClFNO. The summed E-state index contributed by atoms with van der Waals surface area (Å²) in [4.78, 5) is 10.3. The average molecular weight is 202 g/mol. The van der Waals surface area contributed by atoms with Gasteiger partial charge in [0.1, 0.15) is 5.82 Å². The lowest BCUT2D eigenvalue weighted by atomic mass is 10.1. The Hall–Kier alpha value is -1.09. The predicted molar refractivity (Wildman–Crippen MR) is 49.4 cm³/mol. The van der Waals surface area contributed by atoms with Gasteiger partial charge in [0.2, 0.25) is 0 Å².